The lowest BCUT2D eigenvalue weighted by Crippen LogP contribution is -2.08. The molecule has 3 aromatic carbocycles. The smallest absolute Gasteiger partial charge is 0.310 e. The molecular weight excluding hydrogens is 404 g/mol. The number of methoxy groups -OCH3 is 1. The van der Waals surface area contributed by atoms with Gasteiger partial charge in [0.1, 0.15) is 24.0 Å². The van der Waals surface area contributed by atoms with E-state index in [2.05, 4.69) is 18.2 Å². The van der Waals surface area contributed by atoms with Crippen LogP contribution < -0.4 is 10.5 Å². The topological polar surface area (TPSA) is 98.5 Å². The fourth-order valence-electron chi connectivity index (χ4n) is 3.61. The fraction of sp³-hybridized carbons (Fsp3) is 0.154. The zero-order chi connectivity index (χ0) is 22.5. The first-order valence-electron chi connectivity index (χ1n) is 10.1. The Hall–Kier alpha value is -4.08. The minimum absolute atomic E-state index is 0.0229. The van der Waals surface area contributed by atoms with Crippen LogP contribution in [0.3, 0.4) is 0 Å². The van der Waals surface area contributed by atoms with Crippen LogP contribution in [0.2, 0.25) is 0 Å². The summed E-state index contributed by atoms with van der Waals surface area (Å²) in [6.07, 6.45) is 1.68. The van der Waals surface area contributed by atoms with E-state index >= 15 is 0 Å². The van der Waals surface area contributed by atoms with Crippen molar-refractivity contribution in [1.82, 2.24) is 0 Å². The molecule has 0 aliphatic rings. The molecule has 0 bridgehead atoms. The highest BCUT2D eigenvalue weighted by Crippen LogP contribution is 2.31. The van der Waals surface area contributed by atoms with Crippen molar-refractivity contribution in [1.29, 1.82) is 5.26 Å². The van der Waals surface area contributed by atoms with Gasteiger partial charge in [-0.3, -0.25) is 4.79 Å². The number of carbonyl (C=O) groups is 1. The molecule has 32 heavy (non-hydrogen) atoms. The van der Waals surface area contributed by atoms with Gasteiger partial charge in [0, 0.05) is 23.1 Å². The second-order valence-electron chi connectivity index (χ2n) is 7.32. The van der Waals surface area contributed by atoms with Crippen molar-refractivity contribution in [2.45, 2.75) is 19.6 Å². The van der Waals surface area contributed by atoms with Crippen molar-refractivity contribution in [3.8, 4) is 22.9 Å². The third kappa shape index (κ3) is 4.34. The van der Waals surface area contributed by atoms with Gasteiger partial charge in [0.05, 0.1) is 25.4 Å². The number of ether oxygens (including phenoxy) is 2. The van der Waals surface area contributed by atoms with Crippen LogP contribution in [-0.4, -0.2) is 13.1 Å². The van der Waals surface area contributed by atoms with Crippen molar-refractivity contribution >= 4 is 16.9 Å². The van der Waals surface area contributed by atoms with Crippen LogP contribution in [0, 0.1) is 11.3 Å². The summed E-state index contributed by atoms with van der Waals surface area (Å²) in [5, 5.41) is 10.4. The first-order valence-corrected chi connectivity index (χ1v) is 10.1. The summed E-state index contributed by atoms with van der Waals surface area (Å²) in [6.45, 7) is 0.666. The molecule has 0 atom stereocenters. The van der Waals surface area contributed by atoms with Gasteiger partial charge in [0.15, 0.2) is 0 Å². The molecule has 0 saturated carbocycles. The van der Waals surface area contributed by atoms with Gasteiger partial charge in [0.2, 0.25) is 0 Å². The number of hydrogen-bond donors (Lipinski definition) is 1. The van der Waals surface area contributed by atoms with E-state index < -0.39 is 5.97 Å². The van der Waals surface area contributed by atoms with Gasteiger partial charge >= 0.3 is 5.97 Å². The van der Waals surface area contributed by atoms with Crippen LogP contribution in [0.25, 0.3) is 22.1 Å². The Kier molecular flexibility index (Phi) is 6.20. The quantitative estimate of drug-likeness (QED) is 0.429. The summed E-state index contributed by atoms with van der Waals surface area (Å²) in [5.74, 6) is -0.0235. The molecular formula is C26H22N2O4. The molecule has 0 aliphatic carbocycles. The molecule has 0 amide bonds. The number of benzene rings is 3. The molecule has 6 heteroatoms. The van der Waals surface area contributed by atoms with Crippen LogP contribution in [0.4, 0.5) is 0 Å². The highest BCUT2D eigenvalue weighted by molar-refractivity contribution is 5.86. The number of fused-ring (bicyclic) bond motifs is 1. The molecule has 4 rings (SSSR count). The van der Waals surface area contributed by atoms with E-state index in [1.165, 1.54) is 7.11 Å². The number of carbonyl (C=O) groups excluding carboxylic acids is 1. The monoisotopic (exact) mass is 426 g/mol. The van der Waals surface area contributed by atoms with Crippen LogP contribution in [0.1, 0.15) is 22.3 Å². The first-order chi connectivity index (χ1) is 15.6. The lowest BCUT2D eigenvalue weighted by molar-refractivity contribution is -0.139. The molecule has 1 aromatic heterocycles. The van der Waals surface area contributed by atoms with E-state index in [-0.39, 0.29) is 13.0 Å². The predicted octanol–water partition coefficient (Wildman–Crippen LogP) is 4.72. The summed E-state index contributed by atoms with van der Waals surface area (Å²) >= 11 is 0. The maximum absolute atomic E-state index is 11.8. The molecule has 6 nitrogen and oxygen atoms in total. The zero-order valence-corrected chi connectivity index (χ0v) is 17.6. The number of esters is 1. The Bertz CT molecular complexity index is 1320. The van der Waals surface area contributed by atoms with Gasteiger partial charge in [-0.2, -0.15) is 5.26 Å². The normalized spacial score (nSPS) is 10.7. The van der Waals surface area contributed by atoms with Crippen LogP contribution in [0.5, 0.6) is 5.75 Å². The predicted molar refractivity (Wildman–Crippen MR) is 121 cm³/mol. The summed E-state index contributed by atoms with van der Waals surface area (Å²) in [5.41, 5.74) is 11.5. The number of nitrogens with two attached hydrogens (primary N) is 1. The molecule has 0 fully saturated rings. The third-order valence-electron chi connectivity index (χ3n) is 5.30. The second kappa shape index (κ2) is 9.38. The van der Waals surface area contributed by atoms with Gasteiger partial charge in [0.25, 0.3) is 0 Å². The second-order valence-corrected chi connectivity index (χ2v) is 7.32. The van der Waals surface area contributed by atoms with Crippen molar-refractivity contribution in [3.05, 3.63) is 89.2 Å². The number of nitrogens with zero attached hydrogens (tertiary/aromatic N) is 1. The highest BCUT2D eigenvalue weighted by Gasteiger charge is 2.15. The van der Waals surface area contributed by atoms with Gasteiger partial charge in [-0.05, 0) is 41.0 Å². The van der Waals surface area contributed by atoms with Crippen molar-refractivity contribution in [2.75, 3.05) is 7.11 Å². The number of hydrogen-bond acceptors (Lipinski definition) is 6. The van der Waals surface area contributed by atoms with Gasteiger partial charge in [-0.25, -0.2) is 0 Å². The molecule has 0 spiro atoms. The molecule has 1 heterocycles. The van der Waals surface area contributed by atoms with Gasteiger partial charge in [-0.15, -0.1) is 0 Å². The molecule has 0 aliphatic heterocycles. The standard InChI is InChI=1S/C26H22N2O4/c1-30-25(29)12-20-6-3-7-21(14-28)26(20)32-16-22-15-31-24-9-8-19(11-23(22)24)18-5-2-4-17(10-18)13-27/h2-11,15H,12-13,16,27H2,1H3. The number of rotatable bonds is 7. The van der Waals surface area contributed by atoms with Gasteiger partial charge in [-0.1, -0.05) is 36.4 Å². The lowest BCUT2D eigenvalue weighted by atomic mass is 10.0. The molecule has 160 valence electrons. The summed E-state index contributed by atoms with van der Waals surface area (Å²) < 4.78 is 16.5. The van der Waals surface area contributed by atoms with Crippen LogP contribution in [-0.2, 0) is 29.1 Å². The average Bonchev–Trinajstić information content (AvgIpc) is 3.25. The number of para-hydroxylation sites is 1. The first kappa shape index (κ1) is 21.2. The Morgan fingerprint density at radius 1 is 1.06 bits per heavy atom. The van der Waals surface area contributed by atoms with E-state index in [1.54, 1.807) is 24.5 Å². The highest BCUT2D eigenvalue weighted by atomic mass is 16.5. The SMILES string of the molecule is COC(=O)Cc1cccc(C#N)c1OCc1coc2ccc(-c3cccc(CN)c3)cc12. The van der Waals surface area contributed by atoms with E-state index in [1.807, 2.05) is 30.3 Å². The van der Waals surface area contributed by atoms with Crippen molar-refractivity contribution in [2.24, 2.45) is 5.73 Å². The van der Waals surface area contributed by atoms with E-state index in [4.69, 9.17) is 19.6 Å². The minimum Gasteiger partial charge on any atom is -0.487 e. The Morgan fingerprint density at radius 2 is 1.88 bits per heavy atom. The number of furan rings is 1. The van der Waals surface area contributed by atoms with E-state index in [0.29, 0.717) is 23.4 Å². The Morgan fingerprint density at radius 3 is 2.66 bits per heavy atom. The van der Waals surface area contributed by atoms with Crippen molar-refractivity contribution in [3.63, 3.8) is 0 Å². The molecule has 4 aromatic rings. The molecule has 0 unspecified atom stereocenters. The largest absolute Gasteiger partial charge is 0.487 e. The van der Waals surface area contributed by atoms with Crippen molar-refractivity contribution < 1.29 is 18.7 Å². The zero-order valence-electron chi connectivity index (χ0n) is 17.6. The fourth-order valence-corrected chi connectivity index (χ4v) is 3.61. The van der Waals surface area contributed by atoms with Crippen LogP contribution >= 0.6 is 0 Å². The summed E-state index contributed by atoms with van der Waals surface area (Å²) in [7, 11) is 1.33. The maximum atomic E-state index is 11.8. The summed E-state index contributed by atoms with van der Waals surface area (Å²) in [6, 6.07) is 21.3. The van der Waals surface area contributed by atoms with Gasteiger partial charge < -0.3 is 19.6 Å². The third-order valence-corrected chi connectivity index (χ3v) is 5.30. The molecule has 0 saturated heterocycles. The number of nitriles is 1. The molecule has 0 radical (unpaired) electrons. The lowest BCUT2D eigenvalue weighted by Gasteiger charge is -2.12. The maximum Gasteiger partial charge on any atom is 0.310 e. The minimum atomic E-state index is -0.400. The Balaban J connectivity index is 1.65. The van der Waals surface area contributed by atoms with Crippen LogP contribution in [0.15, 0.2) is 71.3 Å². The summed E-state index contributed by atoms with van der Waals surface area (Å²) in [4.78, 5) is 11.8. The molecule has 2 N–H and O–H groups in total. The Labute approximate surface area is 185 Å². The van der Waals surface area contributed by atoms with E-state index in [9.17, 15) is 10.1 Å². The van der Waals surface area contributed by atoms with E-state index in [0.717, 1.165) is 33.2 Å². The average molecular weight is 426 g/mol.